The SMILES string of the molecule is COc1ccc(-c2noc(-c3ccc(N4CCN(c5ccccn5)CC4)nn3)n2)cc1. The number of rotatable bonds is 5. The Balaban J connectivity index is 1.25. The molecule has 9 heteroatoms. The molecule has 0 amide bonds. The number of hydrogen-bond donors (Lipinski definition) is 0. The van der Waals surface area contributed by atoms with Gasteiger partial charge >= 0.3 is 0 Å². The number of piperazine rings is 1. The highest BCUT2D eigenvalue weighted by Gasteiger charge is 2.20. The Hall–Kier alpha value is -4.01. The minimum atomic E-state index is 0.338. The molecule has 0 aliphatic carbocycles. The van der Waals surface area contributed by atoms with E-state index < -0.39 is 0 Å². The second-order valence-electron chi connectivity index (χ2n) is 7.09. The van der Waals surface area contributed by atoms with Crippen LogP contribution in [0.25, 0.3) is 23.0 Å². The predicted octanol–water partition coefficient (Wildman–Crippen LogP) is 2.92. The van der Waals surface area contributed by atoms with E-state index in [-0.39, 0.29) is 0 Å². The van der Waals surface area contributed by atoms with Crippen LogP contribution in [0.2, 0.25) is 0 Å². The molecule has 156 valence electrons. The lowest BCUT2D eigenvalue weighted by molar-refractivity contribution is 0.414. The summed E-state index contributed by atoms with van der Waals surface area (Å²) in [7, 11) is 1.63. The van der Waals surface area contributed by atoms with Gasteiger partial charge in [-0.2, -0.15) is 4.98 Å². The molecule has 4 heterocycles. The summed E-state index contributed by atoms with van der Waals surface area (Å²) in [6.07, 6.45) is 1.82. The van der Waals surface area contributed by atoms with Gasteiger partial charge in [-0.25, -0.2) is 4.98 Å². The molecule has 31 heavy (non-hydrogen) atoms. The maximum absolute atomic E-state index is 5.39. The van der Waals surface area contributed by atoms with Crippen LogP contribution in [-0.2, 0) is 0 Å². The zero-order valence-corrected chi connectivity index (χ0v) is 17.0. The van der Waals surface area contributed by atoms with E-state index in [1.54, 1.807) is 7.11 Å². The van der Waals surface area contributed by atoms with Crippen molar-refractivity contribution in [2.75, 3.05) is 43.1 Å². The maximum Gasteiger partial charge on any atom is 0.278 e. The van der Waals surface area contributed by atoms with Gasteiger partial charge < -0.3 is 19.1 Å². The summed E-state index contributed by atoms with van der Waals surface area (Å²) in [6.45, 7) is 3.48. The molecule has 3 aromatic heterocycles. The monoisotopic (exact) mass is 415 g/mol. The van der Waals surface area contributed by atoms with Crippen molar-refractivity contribution in [1.29, 1.82) is 0 Å². The number of pyridine rings is 1. The van der Waals surface area contributed by atoms with Crippen molar-refractivity contribution >= 4 is 11.6 Å². The van der Waals surface area contributed by atoms with Crippen LogP contribution in [0.4, 0.5) is 11.6 Å². The average molecular weight is 415 g/mol. The minimum absolute atomic E-state index is 0.338. The second kappa shape index (κ2) is 8.39. The van der Waals surface area contributed by atoms with Gasteiger partial charge in [0.1, 0.15) is 11.6 Å². The van der Waals surface area contributed by atoms with Gasteiger partial charge in [0.05, 0.1) is 7.11 Å². The van der Waals surface area contributed by atoms with Gasteiger partial charge in [-0.15, -0.1) is 10.2 Å². The molecule has 1 aliphatic rings. The Labute approximate surface area is 179 Å². The second-order valence-corrected chi connectivity index (χ2v) is 7.09. The Morgan fingerprint density at radius 1 is 0.839 bits per heavy atom. The normalized spacial score (nSPS) is 14.0. The fraction of sp³-hybridized carbons (Fsp3) is 0.227. The third-order valence-corrected chi connectivity index (χ3v) is 5.22. The highest BCUT2D eigenvalue weighted by atomic mass is 16.5. The third kappa shape index (κ3) is 4.02. The molecule has 0 unspecified atom stereocenters. The number of aromatic nitrogens is 5. The number of methoxy groups -OCH3 is 1. The van der Waals surface area contributed by atoms with Crippen molar-refractivity contribution in [3.05, 3.63) is 60.8 Å². The van der Waals surface area contributed by atoms with Crippen molar-refractivity contribution in [3.63, 3.8) is 0 Å². The molecule has 0 N–H and O–H groups in total. The van der Waals surface area contributed by atoms with Crippen LogP contribution in [0.1, 0.15) is 0 Å². The summed E-state index contributed by atoms with van der Waals surface area (Å²) in [5, 5.41) is 12.7. The van der Waals surface area contributed by atoms with Crippen molar-refractivity contribution in [1.82, 2.24) is 25.3 Å². The van der Waals surface area contributed by atoms with Crippen molar-refractivity contribution in [3.8, 4) is 28.7 Å². The smallest absolute Gasteiger partial charge is 0.278 e. The molecule has 0 bridgehead atoms. The number of anilines is 2. The first-order chi connectivity index (χ1) is 15.3. The fourth-order valence-corrected chi connectivity index (χ4v) is 3.50. The van der Waals surface area contributed by atoms with Gasteiger partial charge in [0, 0.05) is 37.9 Å². The van der Waals surface area contributed by atoms with E-state index in [1.165, 1.54) is 0 Å². The quantitative estimate of drug-likeness (QED) is 0.488. The molecule has 1 fully saturated rings. The van der Waals surface area contributed by atoms with Crippen LogP contribution in [0.5, 0.6) is 5.75 Å². The van der Waals surface area contributed by atoms with Crippen molar-refractivity contribution in [2.24, 2.45) is 0 Å². The molecule has 9 nitrogen and oxygen atoms in total. The van der Waals surface area contributed by atoms with E-state index >= 15 is 0 Å². The molecular weight excluding hydrogens is 394 g/mol. The number of hydrogen-bond acceptors (Lipinski definition) is 9. The summed E-state index contributed by atoms with van der Waals surface area (Å²) in [6, 6.07) is 17.3. The Kier molecular flexibility index (Phi) is 5.14. The summed E-state index contributed by atoms with van der Waals surface area (Å²) in [5.41, 5.74) is 1.38. The highest BCUT2D eigenvalue weighted by Crippen LogP contribution is 2.24. The standard InChI is InChI=1S/C22H21N7O2/c1-30-17-7-5-16(6-8-17)21-24-22(31-27-21)18-9-10-20(26-25-18)29-14-12-28(13-15-29)19-4-2-3-11-23-19/h2-11H,12-15H2,1H3. The molecule has 1 aliphatic heterocycles. The van der Waals surface area contributed by atoms with Gasteiger partial charge in [-0.05, 0) is 48.5 Å². The van der Waals surface area contributed by atoms with E-state index in [0.29, 0.717) is 17.4 Å². The minimum Gasteiger partial charge on any atom is -0.497 e. The van der Waals surface area contributed by atoms with E-state index in [2.05, 4.69) is 35.1 Å². The first-order valence-corrected chi connectivity index (χ1v) is 10.0. The van der Waals surface area contributed by atoms with Crippen LogP contribution in [0.15, 0.2) is 65.3 Å². The lowest BCUT2D eigenvalue weighted by Gasteiger charge is -2.35. The predicted molar refractivity (Wildman–Crippen MR) is 116 cm³/mol. The molecule has 0 spiro atoms. The molecule has 0 saturated carbocycles. The van der Waals surface area contributed by atoms with Crippen LogP contribution >= 0.6 is 0 Å². The maximum atomic E-state index is 5.39. The summed E-state index contributed by atoms with van der Waals surface area (Å²) < 4.78 is 10.6. The zero-order chi connectivity index (χ0) is 21.0. The van der Waals surface area contributed by atoms with E-state index in [9.17, 15) is 0 Å². The Morgan fingerprint density at radius 2 is 1.61 bits per heavy atom. The first kappa shape index (κ1) is 19.0. The van der Waals surface area contributed by atoms with Crippen molar-refractivity contribution < 1.29 is 9.26 Å². The van der Waals surface area contributed by atoms with E-state index in [0.717, 1.165) is 49.1 Å². The Bertz CT molecular complexity index is 1120. The van der Waals surface area contributed by atoms with E-state index in [4.69, 9.17) is 9.26 Å². The number of nitrogens with zero attached hydrogens (tertiary/aromatic N) is 7. The van der Waals surface area contributed by atoms with Gasteiger partial charge in [-0.3, -0.25) is 0 Å². The van der Waals surface area contributed by atoms with Gasteiger partial charge in [0.15, 0.2) is 11.5 Å². The largest absolute Gasteiger partial charge is 0.497 e. The van der Waals surface area contributed by atoms with Crippen molar-refractivity contribution in [2.45, 2.75) is 0 Å². The average Bonchev–Trinajstić information content (AvgIpc) is 3.35. The molecule has 1 aromatic carbocycles. The van der Waals surface area contributed by atoms with Crippen LogP contribution in [-0.4, -0.2) is 58.6 Å². The molecule has 4 aromatic rings. The summed E-state index contributed by atoms with van der Waals surface area (Å²) in [5.74, 6) is 3.45. The molecular formula is C22H21N7O2. The van der Waals surface area contributed by atoms with Crippen LogP contribution in [0.3, 0.4) is 0 Å². The number of ether oxygens (including phenoxy) is 1. The lowest BCUT2D eigenvalue weighted by Crippen LogP contribution is -2.47. The highest BCUT2D eigenvalue weighted by molar-refractivity contribution is 5.59. The fourth-order valence-electron chi connectivity index (χ4n) is 3.50. The molecule has 5 rings (SSSR count). The first-order valence-electron chi connectivity index (χ1n) is 10.0. The van der Waals surface area contributed by atoms with Gasteiger partial charge in [0.2, 0.25) is 5.82 Å². The molecule has 0 radical (unpaired) electrons. The zero-order valence-electron chi connectivity index (χ0n) is 17.0. The molecule has 1 saturated heterocycles. The van der Waals surface area contributed by atoms with Gasteiger partial charge in [0.25, 0.3) is 5.89 Å². The van der Waals surface area contributed by atoms with Crippen LogP contribution < -0.4 is 14.5 Å². The van der Waals surface area contributed by atoms with Crippen LogP contribution in [0, 0.1) is 0 Å². The summed E-state index contributed by atoms with van der Waals surface area (Å²) >= 11 is 0. The topological polar surface area (TPSA) is 93.3 Å². The van der Waals surface area contributed by atoms with E-state index in [1.807, 2.05) is 60.8 Å². The lowest BCUT2D eigenvalue weighted by atomic mass is 10.2. The number of benzene rings is 1. The Morgan fingerprint density at radius 3 is 2.26 bits per heavy atom. The summed E-state index contributed by atoms with van der Waals surface area (Å²) in [4.78, 5) is 13.4. The third-order valence-electron chi connectivity index (χ3n) is 5.22. The van der Waals surface area contributed by atoms with Gasteiger partial charge in [-0.1, -0.05) is 11.2 Å². The molecule has 0 atom stereocenters.